The Bertz CT molecular complexity index is 334. The zero-order valence-corrected chi connectivity index (χ0v) is 11.0. The first-order chi connectivity index (χ1) is 6.88. The molecule has 1 heteroatoms. The molecule has 0 unspecified atom stereocenters. The van der Waals surface area contributed by atoms with Crippen molar-refractivity contribution >= 4 is 12.2 Å². The minimum atomic E-state index is 0.255. The molecule has 0 aliphatic rings. The molecule has 0 aliphatic carbocycles. The van der Waals surface area contributed by atoms with E-state index in [0.717, 1.165) is 0 Å². The number of hydrogen-bond donors (Lipinski definition) is 0. The fraction of sp³-hybridized carbons (Fsp3) is 0.571. The van der Waals surface area contributed by atoms with Crippen LogP contribution in [-0.4, -0.2) is 6.71 Å². The third-order valence-electron chi connectivity index (χ3n) is 3.24. The average molecular weight is 202 g/mol. The molecule has 0 saturated carbocycles. The Labute approximate surface area is 95.2 Å². The highest BCUT2D eigenvalue weighted by Crippen LogP contribution is 2.22. The van der Waals surface area contributed by atoms with Crippen molar-refractivity contribution in [2.75, 3.05) is 0 Å². The molecule has 0 N–H and O–H groups in total. The standard InChI is InChI=1S/C14H23B/c1-7-15(6)13-11(2)9-8-10-12(13)14(3,4)5/h8-10H,7H2,1-6H3. The van der Waals surface area contributed by atoms with Crippen LogP contribution in [0.5, 0.6) is 0 Å². The zero-order valence-electron chi connectivity index (χ0n) is 11.0. The van der Waals surface area contributed by atoms with E-state index in [4.69, 9.17) is 0 Å². The van der Waals surface area contributed by atoms with Gasteiger partial charge in [0.05, 0.1) is 0 Å². The second-order valence-electron chi connectivity index (χ2n) is 5.60. The molecule has 0 nitrogen and oxygen atoms in total. The zero-order chi connectivity index (χ0) is 11.6. The Morgan fingerprint density at radius 1 is 1.20 bits per heavy atom. The molecule has 0 radical (unpaired) electrons. The molecule has 0 bridgehead atoms. The van der Waals surface area contributed by atoms with Crippen molar-refractivity contribution in [1.29, 1.82) is 0 Å². The Morgan fingerprint density at radius 2 is 1.80 bits per heavy atom. The highest BCUT2D eigenvalue weighted by Gasteiger charge is 2.22. The fourth-order valence-electron chi connectivity index (χ4n) is 2.19. The quantitative estimate of drug-likeness (QED) is 0.642. The van der Waals surface area contributed by atoms with Crippen LogP contribution in [0.25, 0.3) is 0 Å². The van der Waals surface area contributed by atoms with Crippen LogP contribution in [0.2, 0.25) is 13.1 Å². The highest BCUT2D eigenvalue weighted by atomic mass is 14.2. The lowest BCUT2D eigenvalue weighted by Gasteiger charge is -2.26. The molecule has 1 aromatic carbocycles. The molecule has 1 aromatic rings. The Morgan fingerprint density at radius 3 is 2.27 bits per heavy atom. The van der Waals surface area contributed by atoms with Crippen molar-refractivity contribution in [3.8, 4) is 0 Å². The predicted octanol–water partition coefficient (Wildman–Crippen LogP) is 3.64. The smallest absolute Gasteiger partial charge is 0.0817 e. The third kappa shape index (κ3) is 2.65. The van der Waals surface area contributed by atoms with E-state index >= 15 is 0 Å². The Hall–Kier alpha value is -0.715. The number of rotatable bonds is 2. The molecule has 15 heavy (non-hydrogen) atoms. The number of benzene rings is 1. The lowest BCUT2D eigenvalue weighted by Crippen LogP contribution is -2.36. The van der Waals surface area contributed by atoms with Crippen LogP contribution in [0.3, 0.4) is 0 Å². The number of aryl methyl sites for hydroxylation is 1. The summed E-state index contributed by atoms with van der Waals surface area (Å²) in [4.78, 5) is 0. The summed E-state index contributed by atoms with van der Waals surface area (Å²) in [5.74, 6) is 0. The molecule has 0 aromatic heterocycles. The maximum Gasteiger partial charge on any atom is 0.173 e. The van der Waals surface area contributed by atoms with Gasteiger partial charge in [-0.1, -0.05) is 70.1 Å². The molecular weight excluding hydrogens is 179 g/mol. The van der Waals surface area contributed by atoms with Gasteiger partial charge >= 0.3 is 0 Å². The van der Waals surface area contributed by atoms with Gasteiger partial charge in [-0.25, -0.2) is 0 Å². The van der Waals surface area contributed by atoms with Gasteiger partial charge < -0.3 is 0 Å². The van der Waals surface area contributed by atoms with E-state index in [0.29, 0.717) is 6.71 Å². The molecule has 1 rings (SSSR count). The van der Waals surface area contributed by atoms with E-state index in [-0.39, 0.29) is 5.41 Å². The first-order valence-corrected chi connectivity index (χ1v) is 5.98. The van der Waals surface area contributed by atoms with E-state index < -0.39 is 0 Å². The SMILES string of the molecule is CCB(C)c1c(C)cccc1C(C)(C)C. The Kier molecular flexibility index (Phi) is 3.65. The van der Waals surface area contributed by atoms with Crippen LogP contribution in [0.15, 0.2) is 18.2 Å². The van der Waals surface area contributed by atoms with Crippen LogP contribution in [0.4, 0.5) is 0 Å². The Balaban J connectivity index is 3.33. The van der Waals surface area contributed by atoms with Gasteiger partial charge in [-0.2, -0.15) is 0 Å². The van der Waals surface area contributed by atoms with E-state index in [1.807, 2.05) is 0 Å². The summed E-state index contributed by atoms with van der Waals surface area (Å²) in [7, 11) is 0. The molecular formula is C14H23B. The minimum absolute atomic E-state index is 0.255. The molecule has 0 atom stereocenters. The highest BCUT2D eigenvalue weighted by molar-refractivity contribution is 6.72. The van der Waals surface area contributed by atoms with Crippen LogP contribution in [0.1, 0.15) is 38.8 Å². The normalized spacial score (nSPS) is 11.6. The van der Waals surface area contributed by atoms with Gasteiger partial charge in [-0.3, -0.25) is 0 Å². The first kappa shape index (κ1) is 12.4. The summed E-state index contributed by atoms with van der Waals surface area (Å²) in [5, 5.41) is 0. The largest absolute Gasteiger partial charge is 0.173 e. The molecule has 82 valence electrons. The maximum absolute atomic E-state index is 2.33. The monoisotopic (exact) mass is 202 g/mol. The topological polar surface area (TPSA) is 0 Å². The second kappa shape index (κ2) is 4.43. The summed E-state index contributed by atoms with van der Waals surface area (Å²) in [6.45, 7) is 14.4. The maximum atomic E-state index is 2.33. The molecule has 0 spiro atoms. The van der Waals surface area contributed by atoms with Crippen molar-refractivity contribution in [1.82, 2.24) is 0 Å². The molecule has 0 heterocycles. The van der Waals surface area contributed by atoms with Gasteiger partial charge in [0.1, 0.15) is 0 Å². The fourth-order valence-corrected chi connectivity index (χ4v) is 2.19. The lowest BCUT2D eigenvalue weighted by molar-refractivity contribution is 0.593. The van der Waals surface area contributed by atoms with Crippen molar-refractivity contribution < 1.29 is 0 Å². The van der Waals surface area contributed by atoms with Crippen molar-refractivity contribution in [3.63, 3.8) is 0 Å². The van der Waals surface area contributed by atoms with E-state index in [9.17, 15) is 0 Å². The lowest BCUT2D eigenvalue weighted by atomic mass is 9.42. The predicted molar refractivity (Wildman–Crippen MR) is 71.6 cm³/mol. The molecule has 0 aliphatic heterocycles. The molecule has 0 saturated heterocycles. The summed E-state index contributed by atoms with van der Waals surface area (Å²) in [5.41, 5.74) is 4.77. The van der Waals surface area contributed by atoms with Crippen LogP contribution in [-0.2, 0) is 5.41 Å². The van der Waals surface area contributed by atoms with E-state index in [2.05, 4.69) is 59.6 Å². The third-order valence-corrected chi connectivity index (χ3v) is 3.24. The van der Waals surface area contributed by atoms with Crippen molar-refractivity contribution in [3.05, 3.63) is 29.3 Å². The van der Waals surface area contributed by atoms with Crippen molar-refractivity contribution in [2.24, 2.45) is 0 Å². The van der Waals surface area contributed by atoms with E-state index in [1.54, 1.807) is 5.46 Å². The van der Waals surface area contributed by atoms with Gasteiger partial charge in [0.2, 0.25) is 0 Å². The molecule has 0 fully saturated rings. The minimum Gasteiger partial charge on any atom is -0.0817 e. The van der Waals surface area contributed by atoms with E-state index in [1.165, 1.54) is 17.4 Å². The molecule has 0 amide bonds. The van der Waals surface area contributed by atoms with Gasteiger partial charge in [-0.15, -0.1) is 0 Å². The van der Waals surface area contributed by atoms with Gasteiger partial charge in [0.25, 0.3) is 0 Å². The van der Waals surface area contributed by atoms with Gasteiger partial charge in [0, 0.05) is 0 Å². The van der Waals surface area contributed by atoms with Crippen LogP contribution < -0.4 is 5.46 Å². The van der Waals surface area contributed by atoms with Crippen molar-refractivity contribution in [2.45, 2.75) is 53.2 Å². The summed E-state index contributed by atoms with van der Waals surface area (Å²) >= 11 is 0. The summed E-state index contributed by atoms with van der Waals surface area (Å²) in [6, 6.07) is 6.70. The average Bonchev–Trinajstić information content (AvgIpc) is 2.15. The van der Waals surface area contributed by atoms with Gasteiger partial charge in [-0.05, 0) is 17.9 Å². The van der Waals surface area contributed by atoms with Gasteiger partial charge in [0.15, 0.2) is 6.71 Å². The summed E-state index contributed by atoms with van der Waals surface area (Å²) in [6.07, 6.45) is 1.22. The second-order valence-corrected chi connectivity index (χ2v) is 5.60. The van der Waals surface area contributed by atoms with Crippen LogP contribution in [0, 0.1) is 6.92 Å². The summed E-state index contributed by atoms with van der Waals surface area (Å²) < 4.78 is 0. The number of hydrogen-bond acceptors (Lipinski definition) is 0. The first-order valence-electron chi connectivity index (χ1n) is 5.98. The van der Waals surface area contributed by atoms with Crippen LogP contribution >= 0.6 is 0 Å².